The molecule has 0 saturated heterocycles. The Morgan fingerprint density at radius 2 is 2.12 bits per heavy atom. The molecule has 3 atom stereocenters. The molecule has 1 N–H and O–H groups in total. The van der Waals surface area contributed by atoms with E-state index in [1.54, 1.807) is 6.08 Å². The van der Waals surface area contributed by atoms with Crippen LogP contribution in [0, 0.1) is 11.8 Å². The highest BCUT2D eigenvalue weighted by Gasteiger charge is 2.57. The molecule has 2 bridgehead atoms. The van der Waals surface area contributed by atoms with Crippen LogP contribution < -0.4 is 5.32 Å². The van der Waals surface area contributed by atoms with Crippen LogP contribution in [0.3, 0.4) is 0 Å². The Kier molecular flexibility index (Phi) is 2.42. The molecule has 0 aromatic carbocycles. The van der Waals surface area contributed by atoms with Gasteiger partial charge in [-0.05, 0) is 38.0 Å². The maximum absolute atomic E-state index is 13.8. The van der Waals surface area contributed by atoms with Crippen molar-refractivity contribution in [2.45, 2.75) is 49.9 Å². The zero-order valence-electron chi connectivity index (χ0n) is 9.82. The van der Waals surface area contributed by atoms with Crippen molar-refractivity contribution < 1.29 is 13.9 Å². The highest BCUT2D eigenvalue weighted by molar-refractivity contribution is 5.69. The maximum atomic E-state index is 13.8. The first-order valence-corrected chi connectivity index (χ1v) is 6.37. The monoisotopic (exact) mass is 239 g/mol. The molecule has 17 heavy (non-hydrogen) atoms. The molecule has 94 valence electrons. The molecule has 0 spiro atoms. The predicted octanol–water partition coefficient (Wildman–Crippen LogP) is 2.57. The minimum atomic E-state index is -1.09. The molecule has 0 aromatic heterocycles. The number of nitrogens with one attached hydrogen (secondary N) is 1. The first-order valence-electron chi connectivity index (χ1n) is 6.37. The van der Waals surface area contributed by atoms with Gasteiger partial charge in [-0.15, -0.1) is 6.58 Å². The number of carbonyl (C=O) groups is 1. The van der Waals surface area contributed by atoms with Crippen molar-refractivity contribution in [1.82, 2.24) is 5.32 Å². The number of halogens is 1. The molecule has 3 nitrogen and oxygen atoms in total. The fraction of sp³-hybridized carbons (Fsp3) is 0.769. The smallest absolute Gasteiger partial charge is 0.407 e. The number of ether oxygens (including phenoxy) is 1. The van der Waals surface area contributed by atoms with Crippen molar-refractivity contribution in [2.75, 3.05) is 0 Å². The third-order valence-corrected chi connectivity index (χ3v) is 4.52. The predicted molar refractivity (Wildman–Crippen MR) is 61.3 cm³/mol. The van der Waals surface area contributed by atoms with Crippen LogP contribution >= 0.6 is 0 Å². The molecule has 0 radical (unpaired) electrons. The fourth-order valence-electron chi connectivity index (χ4n) is 3.34. The van der Waals surface area contributed by atoms with Gasteiger partial charge in [-0.2, -0.15) is 0 Å². The van der Waals surface area contributed by atoms with Gasteiger partial charge < -0.3 is 10.1 Å². The Morgan fingerprint density at radius 1 is 1.41 bits per heavy atom. The van der Waals surface area contributed by atoms with E-state index in [-0.39, 0.29) is 11.5 Å². The summed E-state index contributed by atoms with van der Waals surface area (Å²) in [6.07, 6.45) is 4.02. The van der Waals surface area contributed by atoms with Gasteiger partial charge in [0, 0.05) is 11.5 Å². The Labute approximate surface area is 100 Å². The molecule has 4 rings (SSSR count). The highest BCUT2D eigenvalue weighted by Crippen LogP contribution is 2.56. The summed E-state index contributed by atoms with van der Waals surface area (Å²) < 4.78 is 19.0. The number of carbonyl (C=O) groups excluding carboxylic acids is 1. The molecule has 4 heteroatoms. The standard InChI is InChI=1S/C13H18FNO2/c1-2-9-3-4-10(11(9)14)17-12(16)15-13-5-8(6-13)7-13/h2,8-11H,1,3-7H2,(H,15,16)/t8?,9-,10+,11+,13?/m0/s1. The van der Waals surface area contributed by atoms with Crippen LogP contribution in [0.2, 0.25) is 0 Å². The summed E-state index contributed by atoms with van der Waals surface area (Å²) in [5.41, 5.74) is 0.00397. The Bertz CT molecular complexity index is 340. The molecule has 0 unspecified atom stereocenters. The van der Waals surface area contributed by atoms with Crippen molar-refractivity contribution in [3.63, 3.8) is 0 Å². The average Bonchev–Trinajstić information content (AvgIpc) is 2.52. The zero-order valence-corrected chi connectivity index (χ0v) is 9.82. The molecule has 4 fully saturated rings. The summed E-state index contributed by atoms with van der Waals surface area (Å²) in [6.45, 7) is 3.60. The second kappa shape index (κ2) is 3.72. The van der Waals surface area contributed by atoms with E-state index in [4.69, 9.17) is 4.74 Å². The van der Waals surface area contributed by atoms with Crippen LogP contribution in [0.4, 0.5) is 9.18 Å². The largest absolute Gasteiger partial charge is 0.443 e. The molecule has 0 heterocycles. The van der Waals surface area contributed by atoms with E-state index in [1.165, 1.54) is 0 Å². The van der Waals surface area contributed by atoms with Crippen LogP contribution in [0.15, 0.2) is 12.7 Å². The van der Waals surface area contributed by atoms with E-state index < -0.39 is 18.4 Å². The molecule has 0 aromatic rings. The third-order valence-electron chi connectivity index (χ3n) is 4.52. The molecular weight excluding hydrogens is 221 g/mol. The van der Waals surface area contributed by atoms with Crippen molar-refractivity contribution in [3.05, 3.63) is 12.7 Å². The van der Waals surface area contributed by atoms with E-state index in [1.807, 2.05) is 0 Å². The van der Waals surface area contributed by atoms with Gasteiger partial charge in [0.1, 0.15) is 12.3 Å². The fourth-order valence-corrected chi connectivity index (χ4v) is 3.34. The summed E-state index contributed by atoms with van der Waals surface area (Å²) in [7, 11) is 0. The van der Waals surface area contributed by atoms with Gasteiger partial charge in [-0.1, -0.05) is 6.08 Å². The number of alkyl carbamates (subject to hydrolysis) is 1. The van der Waals surface area contributed by atoms with Gasteiger partial charge in [0.15, 0.2) is 0 Å². The van der Waals surface area contributed by atoms with Crippen LogP contribution in [0.5, 0.6) is 0 Å². The van der Waals surface area contributed by atoms with E-state index in [2.05, 4.69) is 11.9 Å². The molecule has 4 saturated carbocycles. The van der Waals surface area contributed by atoms with Crippen LogP contribution in [-0.4, -0.2) is 23.9 Å². The minimum Gasteiger partial charge on any atom is -0.443 e. The van der Waals surface area contributed by atoms with Gasteiger partial charge in [0.05, 0.1) is 0 Å². The Morgan fingerprint density at radius 3 is 2.59 bits per heavy atom. The molecule has 4 aliphatic carbocycles. The molecule has 0 aliphatic heterocycles. The van der Waals surface area contributed by atoms with Crippen molar-refractivity contribution in [1.29, 1.82) is 0 Å². The second-order valence-electron chi connectivity index (χ2n) is 5.75. The number of rotatable bonds is 3. The average molecular weight is 239 g/mol. The first-order chi connectivity index (χ1) is 8.12. The summed E-state index contributed by atoms with van der Waals surface area (Å²) >= 11 is 0. The maximum Gasteiger partial charge on any atom is 0.407 e. The number of allylic oxidation sites excluding steroid dienone is 1. The normalized spacial score (nSPS) is 46.6. The summed E-state index contributed by atoms with van der Waals surface area (Å²) in [4.78, 5) is 11.6. The quantitative estimate of drug-likeness (QED) is 0.769. The molecular formula is C13H18FNO2. The van der Waals surface area contributed by atoms with Crippen LogP contribution in [-0.2, 0) is 4.74 Å². The Balaban J connectivity index is 1.49. The van der Waals surface area contributed by atoms with Crippen molar-refractivity contribution in [3.8, 4) is 0 Å². The first kappa shape index (κ1) is 11.1. The second-order valence-corrected chi connectivity index (χ2v) is 5.75. The van der Waals surface area contributed by atoms with E-state index in [9.17, 15) is 9.18 Å². The number of alkyl halides is 1. The van der Waals surface area contributed by atoms with Crippen LogP contribution in [0.1, 0.15) is 32.1 Å². The summed E-state index contributed by atoms with van der Waals surface area (Å²) in [5, 5.41) is 2.89. The van der Waals surface area contributed by atoms with Crippen molar-refractivity contribution >= 4 is 6.09 Å². The lowest BCUT2D eigenvalue weighted by atomic mass is 9.50. The molecule has 1 amide bonds. The highest BCUT2D eigenvalue weighted by atomic mass is 19.1. The van der Waals surface area contributed by atoms with E-state index in [0.717, 1.165) is 31.6 Å². The molecule has 4 aliphatic rings. The minimum absolute atomic E-state index is 0.00397. The summed E-state index contributed by atoms with van der Waals surface area (Å²) in [6, 6.07) is 0. The van der Waals surface area contributed by atoms with Gasteiger partial charge >= 0.3 is 6.09 Å². The van der Waals surface area contributed by atoms with Crippen LogP contribution in [0.25, 0.3) is 0 Å². The van der Waals surface area contributed by atoms with Crippen molar-refractivity contribution in [2.24, 2.45) is 11.8 Å². The van der Waals surface area contributed by atoms with E-state index >= 15 is 0 Å². The lowest BCUT2D eigenvalue weighted by molar-refractivity contribution is -0.0533. The number of hydrogen-bond acceptors (Lipinski definition) is 2. The number of hydrogen-bond donors (Lipinski definition) is 1. The lowest BCUT2D eigenvalue weighted by Crippen LogP contribution is -2.68. The van der Waals surface area contributed by atoms with E-state index in [0.29, 0.717) is 6.42 Å². The summed E-state index contributed by atoms with van der Waals surface area (Å²) in [5.74, 6) is 0.642. The van der Waals surface area contributed by atoms with Gasteiger partial charge in [-0.3, -0.25) is 0 Å². The third kappa shape index (κ3) is 1.74. The number of amides is 1. The topological polar surface area (TPSA) is 38.3 Å². The SMILES string of the molecule is C=C[C@H]1CC[C@@H](OC(=O)NC23CC(C2)C3)[C@@H]1F. The Hall–Kier alpha value is -1.06. The van der Waals surface area contributed by atoms with Gasteiger partial charge in [-0.25, -0.2) is 9.18 Å². The lowest BCUT2D eigenvalue weighted by Gasteiger charge is -2.61. The van der Waals surface area contributed by atoms with Gasteiger partial charge in [0.2, 0.25) is 0 Å². The van der Waals surface area contributed by atoms with Gasteiger partial charge in [0.25, 0.3) is 0 Å². The zero-order chi connectivity index (χ0) is 12.0.